The highest BCUT2D eigenvalue weighted by molar-refractivity contribution is 7.98. The first kappa shape index (κ1) is 26.0. The minimum absolute atomic E-state index is 0.134. The van der Waals surface area contributed by atoms with Gasteiger partial charge in [-0.1, -0.05) is 61.5 Å². The molecule has 8 heteroatoms. The number of carboxylic acid groups (broad SMARTS) is 1. The number of hydrogen-bond donors (Lipinski definition) is 2. The number of hydrogen-bond acceptors (Lipinski definition) is 4. The smallest absolute Gasteiger partial charge is 0.327 e. The third kappa shape index (κ3) is 7.42. The van der Waals surface area contributed by atoms with Crippen molar-refractivity contribution in [1.82, 2.24) is 10.2 Å². The molecule has 2 N–H and O–H groups in total. The molecule has 1 atom stereocenters. The Hall–Kier alpha value is -3.65. The highest BCUT2D eigenvalue weighted by Gasteiger charge is 2.27. The van der Waals surface area contributed by atoms with Crippen LogP contribution in [-0.4, -0.2) is 46.3 Å². The molecule has 3 aromatic rings. The Morgan fingerprint density at radius 3 is 2.34 bits per heavy atom. The Morgan fingerprint density at radius 2 is 1.69 bits per heavy atom. The molecule has 3 rings (SSSR count). The molecule has 1 unspecified atom stereocenters. The number of halogens is 1. The van der Waals surface area contributed by atoms with Crippen LogP contribution in [0.25, 0.3) is 11.1 Å². The van der Waals surface area contributed by atoms with Crippen molar-refractivity contribution < 1.29 is 23.9 Å². The second kappa shape index (κ2) is 12.7. The summed E-state index contributed by atoms with van der Waals surface area (Å²) in [7, 11) is 0. The van der Waals surface area contributed by atoms with Gasteiger partial charge in [0, 0.05) is 23.6 Å². The van der Waals surface area contributed by atoms with E-state index in [9.17, 15) is 23.9 Å². The van der Waals surface area contributed by atoms with E-state index in [0.29, 0.717) is 17.7 Å². The summed E-state index contributed by atoms with van der Waals surface area (Å²) in [5.74, 6) is -1.30. The van der Waals surface area contributed by atoms with E-state index in [1.165, 1.54) is 23.9 Å². The quantitative estimate of drug-likeness (QED) is 0.392. The fourth-order valence-corrected chi connectivity index (χ4v) is 4.43. The van der Waals surface area contributed by atoms with E-state index in [-0.39, 0.29) is 23.7 Å². The number of thioether (sulfide) groups is 1. The van der Waals surface area contributed by atoms with Gasteiger partial charge in [-0.3, -0.25) is 9.69 Å². The second-order valence-electron chi connectivity index (χ2n) is 7.89. The molecular weight excluding hydrogens is 467 g/mol. The Morgan fingerprint density at radius 1 is 0.971 bits per heavy atom. The van der Waals surface area contributed by atoms with E-state index in [0.717, 1.165) is 16.0 Å². The van der Waals surface area contributed by atoms with Crippen molar-refractivity contribution in [3.8, 4) is 11.1 Å². The van der Waals surface area contributed by atoms with Gasteiger partial charge in [-0.05, 0) is 47.4 Å². The van der Waals surface area contributed by atoms with Gasteiger partial charge in [-0.15, -0.1) is 0 Å². The molecule has 6 nitrogen and oxygen atoms in total. The summed E-state index contributed by atoms with van der Waals surface area (Å²) in [6, 6.07) is 20.3. The number of carbonyl (C=O) groups is 3. The van der Waals surface area contributed by atoms with Crippen molar-refractivity contribution in [3.63, 3.8) is 0 Å². The van der Waals surface area contributed by atoms with E-state index in [1.807, 2.05) is 37.3 Å². The zero-order valence-corrected chi connectivity index (χ0v) is 20.1. The first-order chi connectivity index (χ1) is 16.9. The maximum absolute atomic E-state index is 13.3. The summed E-state index contributed by atoms with van der Waals surface area (Å²) < 4.78 is 13.3. The largest absolute Gasteiger partial charge is 0.480 e. The van der Waals surface area contributed by atoms with Gasteiger partial charge in [0.1, 0.15) is 11.9 Å². The van der Waals surface area contributed by atoms with Crippen molar-refractivity contribution in [1.29, 1.82) is 0 Å². The fraction of sp³-hybridized carbons (Fsp3) is 0.222. The van der Waals surface area contributed by atoms with Gasteiger partial charge in [0.2, 0.25) is 0 Å². The summed E-state index contributed by atoms with van der Waals surface area (Å²) in [4.78, 5) is 39.0. The number of aliphatic carboxylic acids is 1. The maximum Gasteiger partial charge on any atom is 0.327 e. The Labute approximate surface area is 208 Å². The number of nitrogens with one attached hydrogen (secondary N) is 1. The maximum atomic E-state index is 13.3. The minimum Gasteiger partial charge on any atom is -0.480 e. The lowest BCUT2D eigenvalue weighted by atomic mass is 10.0. The highest BCUT2D eigenvalue weighted by Crippen LogP contribution is 2.22. The van der Waals surface area contributed by atoms with E-state index in [2.05, 4.69) is 5.32 Å². The molecule has 0 saturated carbocycles. The third-order valence-electron chi connectivity index (χ3n) is 5.22. The average molecular weight is 495 g/mol. The Kier molecular flexibility index (Phi) is 9.43. The van der Waals surface area contributed by atoms with Crippen molar-refractivity contribution in [3.05, 3.63) is 95.8 Å². The van der Waals surface area contributed by atoms with Crippen molar-refractivity contribution in [2.24, 2.45) is 0 Å². The number of urea groups is 1. The predicted molar refractivity (Wildman–Crippen MR) is 136 cm³/mol. The molecule has 0 aromatic heterocycles. The molecule has 0 radical (unpaired) electrons. The van der Waals surface area contributed by atoms with Gasteiger partial charge in [0.15, 0.2) is 0 Å². The van der Waals surface area contributed by atoms with Crippen molar-refractivity contribution in [2.45, 2.75) is 25.1 Å². The molecule has 0 aliphatic heterocycles. The molecular formula is C27H27FN2O4S. The van der Waals surface area contributed by atoms with Gasteiger partial charge in [0.25, 0.3) is 5.91 Å². The predicted octanol–water partition coefficient (Wildman–Crippen LogP) is 5.44. The van der Waals surface area contributed by atoms with Gasteiger partial charge < -0.3 is 10.4 Å². The van der Waals surface area contributed by atoms with Gasteiger partial charge in [-0.25, -0.2) is 14.0 Å². The van der Waals surface area contributed by atoms with Crippen LogP contribution < -0.4 is 5.32 Å². The van der Waals surface area contributed by atoms with Crippen LogP contribution in [0.1, 0.15) is 29.3 Å². The van der Waals surface area contributed by atoms with Gasteiger partial charge >= 0.3 is 12.0 Å². The highest BCUT2D eigenvalue weighted by atomic mass is 32.2. The van der Waals surface area contributed by atoms with Crippen LogP contribution in [-0.2, 0) is 10.5 Å². The number of carbonyl (C=O) groups excluding carboxylic acids is 2. The Bertz CT molecular complexity index is 1160. The summed E-state index contributed by atoms with van der Waals surface area (Å²) >= 11 is 1.39. The monoisotopic (exact) mass is 494 g/mol. The number of imide groups is 1. The molecule has 35 heavy (non-hydrogen) atoms. The molecule has 0 fully saturated rings. The molecule has 3 amide bonds. The van der Waals surface area contributed by atoms with Crippen LogP contribution in [0, 0.1) is 5.82 Å². The molecule has 0 saturated heterocycles. The SMILES string of the molecule is CCCN(C(=O)NC(CSCc1ccccc1)C(=O)O)C(=O)c1cccc(-c2ccc(F)cc2)c1. The van der Waals surface area contributed by atoms with Gasteiger partial charge in [0.05, 0.1) is 0 Å². The first-order valence-corrected chi connectivity index (χ1v) is 12.4. The van der Waals surface area contributed by atoms with E-state index < -0.39 is 23.9 Å². The summed E-state index contributed by atoms with van der Waals surface area (Å²) in [6.45, 7) is 1.96. The molecule has 0 aliphatic carbocycles. The molecule has 0 heterocycles. The normalized spacial score (nSPS) is 11.5. The summed E-state index contributed by atoms with van der Waals surface area (Å²) in [5.41, 5.74) is 2.76. The standard InChI is InChI=1S/C27H27FN2O4S/c1-2-15-30(25(31)22-10-6-9-21(16-22)20-11-13-23(28)14-12-20)27(34)29-24(26(32)33)18-35-17-19-7-4-3-5-8-19/h3-14,16,24H,2,15,17-18H2,1H3,(H,29,34)(H,32,33). The van der Waals surface area contributed by atoms with Crippen LogP contribution in [0.15, 0.2) is 78.9 Å². The number of nitrogens with zero attached hydrogens (tertiary/aromatic N) is 1. The molecule has 0 bridgehead atoms. The summed E-state index contributed by atoms with van der Waals surface area (Å²) in [5, 5.41) is 12.1. The van der Waals surface area contributed by atoms with E-state index >= 15 is 0 Å². The topological polar surface area (TPSA) is 86.7 Å². The van der Waals surface area contributed by atoms with Crippen LogP contribution in [0.5, 0.6) is 0 Å². The van der Waals surface area contributed by atoms with E-state index in [4.69, 9.17) is 0 Å². The number of benzene rings is 3. The molecule has 3 aromatic carbocycles. The lowest BCUT2D eigenvalue weighted by Crippen LogP contribution is -2.51. The molecule has 182 valence electrons. The van der Waals surface area contributed by atoms with Crippen LogP contribution in [0.2, 0.25) is 0 Å². The van der Waals surface area contributed by atoms with Crippen LogP contribution in [0.4, 0.5) is 9.18 Å². The minimum atomic E-state index is -1.17. The number of amides is 3. The van der Waals surface area contributed by atoms with Crippen molar-refractivity contribution in [2.75, 3.05) is 12.3 Å². The zero-order chi connectivity index (χ0) is 25.2. The average Bonchev–Trinajstić information content (AvgIpc) is 2.87. The third-order valence-corrected chi connectivity index (χ3v) is 6.32. The van der Waals surface area contributed by atoms with Crippen molar-refractivity contribution >= 4 is 29.7 Å². The zero-order valence-electron chi connectivity index (χ0n) is 19.3. The summed E-state index contributed by atoms with van der Waals surface area (Å²) in [6.07, 6.45) is 0.511. The first-order valence-electron chi connectivity index (χ1n) is 11.2. The molecule has 0 spiro atoms. The van der Waals surface area contributed by atoms with E-state index in [1.54, 1.807) is 36.4 Å². The Balaban J connectivity index is 1.70. The van der Waals surface area contributed by atoms with Gasteiger partial charge in [-0.2, -0.15) is 11.8 Å². The fourth-order valence-electron chi connectivity index (χ4n) is 3.42. The second-order valence-corrected chi connectivity index (χ2v) is 8.92. The van der Waals surface area contributed by atoms with Crippen LogP contribution in [0.3, 0.4) is 0 Å². The lowest BCUT2D eigenvalue weighted by molar-refractivity contribution is -0.138. The number of carboxylic acids is 1. The molecule has 0 aliphatic rings. The lowest BCUT2D eigenvalue weighted by Gasteiger charge is -2.23. The van der Waals surface area contributed by atoms with Crippen LogP contribution >= 0.6 is 11.8 Å². The number of rotatable bonds is 10.